The van der Waals surface area contributed by atoms with Gasteiger partial charge in [-0.05, 0) is 47.9 Å². The van der Waals surface area contributed by atoms with Crippen molar-refractivity contribution in [2.45, 2.75) is 38.1 Å². The maximum Gasteiger partial charge on any atom is 0.238 e. The zero-order valence-electron chi connectivity index (χ0n) is 21.9. The number of anilines is 1. The predicted molar refractivity (Wildman–Crippen MR) is 151 cm³/mol. The summed E-state index contributed by atoms with van der Waals surface area (Å²) in [4.78, 5) is 28.1. The SMILES string of the molecule is [B]c1ccc(OCC2(C)COC2)c([C@H]2NC(=O)CC3(C4CC=C(Cl)[C@H](C)C43)[C@]23C(=O)Nc2cc(Cl)ccc23)c1. The lowest BCUT2D eigenvalue weighted by Gasteiger charge is -2.49. The average Bonchev–Trinajstić information content (AvgIpc) is 3.41. The van der Waals surface area contributed by atoms with Crippen LogP contribution in [0.25, 0.3) is 0 Å². The highest BCUT2D eigenvalue weighted by atomic mass is 35.5. The first-order chi connectivity index (χ1) is 18.6. The van der Waals surface area contributed by atoms with Crippen molar-refractivity contribution in [2.75, 3.05) is 25.1 Å². The lowest BCUT2D eigenvalue weighted by molar-refractivity contribution is -0.136. The molecule has 3 heterocycles. The summed E-state index contributed by atoms with van der Waals surface area (Å²) in [5.41, 5.74) is 0.909. The van der Waals surface area contributed by atoms with Crippen LogP contribution in [0.5, 0.6) is 5.75 Å². The molecule has 1 saturated carbocycles. The molecule has 2 amide bonds. The van der Waals surface area contributed by atoms with E-state index in [-0.39, 0.29) is 41.4 Å². The molecular weight excluding hydrogens is 534 g/mol. The zero-order valence-corrected chi connectivity index (χ0v) is 23.4. The lowest BCUT2D eigenvalue weighted by Crippen LogP contribution is -2.60. The van der Waals surface area contributed by atoms with Crippen molar-refractivity contribution in [1.29, 1.82) is 0 Å². The molecule has 3 fully saturated rings. The summed E-state index contributed by atoms with van der Waals surface area (Å²) in [6, 6.07) is 10.3. The fourth-order valence-electron chi connectivity index (χ4n) is 8.17. The Kier molecular flexibility index (Phi) is 5.56. The number of amides is 2. The van der Waals surface area contributed by atoms with E-state index >= 15 is 0 Å². The van der Waals surface area contributed by atoms with E-state index in [2.05, 4.69) is 30.6 Å². The molecule has 6 nitrogen and oxygen atoms in total. The molecule has 0 aromatic heterocycles. The van der Waals surface area contributed by atoms with Crippen molar-refractivity contribution < 1.29 is 19.1 Å². The van der Waals surface area contributed by atoms with Gasteiger partial charge in [0.2, 0.25) is 11.8 Å². The second kappa shape index (κ2) is 8.51. The smallest absolute Gasteiger partial charge is 0.238 e. The van der Waals surface area contributed by atoms with E-state index in [1.165, 1.54) is 0 Å². The number of fused-ring (bicyclic) bond motifs is 6. The molecule has 2 aromatic rings. The fraction of sp³-hybridized carbons (Fsp3) is 0.467. The molecule has 2 N–H and O–H groups in total. The Morgan fingerprint density at radius 1 is 1.15 bits per heavy atom. The number of rotatable bonds is 4. The van der Waals surface area contributed by atoms with Crippen LogP contribution in [-0.4, -0.2) is 39.5 Å². The van der Waals surface area contributed by atoms with E-state index in [1.807, 2.05) is 24.3 Å². The van der Waals surface area contributed by atoms with Crippen molar-refractivity contribution >= 4 is 54.0 Å². The van der Waals surface area contributed by atoms with Crippen LogP contribution in [0.2, 0.25) is 5.02 Å². The Bertz CT molecular complexity index is 1460. The minimum absolute atomic E-state index is 0.0353. The monoisotopic (exact) mass is 562 g/mol. The topological polar surface area (TPSA) is 76.7 Å². The van der Waals surface area contributed by atoms with Crippen molar-refractivity contribution in [2.24, 2.45) is 28.6 Å². The largest absolute Gasteiger partial charge is 0.492 e. The van der Waals surface area contributed by atoms with Crippen LogP contribution in [0.15, 0.2) is 47.5 Å². The quantitative estimate of drug-likeness (QED) is 0.542. The number of allylic oxidation sites excluding steroid dienone is 2. The number of nitrogens with one attached hydrogen (secondary N) is 2. The molecule has 7 rings (SSSR count). The number of carbonyl (C=O) groups excluding carboxylic acids is 2. The van der Waals surface area contributed by atoms with Crippen molar-refractivity contribution in [3.63, 3.8) is 0 Å². The van der Waals surface area contributed by atoms with E-state index in [0.717, 1.165) is 17.0 Å². The molecule has 2 spiro atoms. The maximum atomic E-state index is 14.5. The first-order valence-corrected chi connectivity index (χ1v) is 14.2. The number of ether oxygens (including phenoxy) is 2. The number of piperidine rings is 1. The van der Waals surface area contributed by atoms with Gasteiger partial charge in [-0.1, -0.05) is 66.8 Å². The van der Waals surface area contributed by atoms with Gasteiger partial charge in [-0.15, -0.1) is 0 Å². The van der Waals surface area contributed by atoms with Gasteiger partial charge >= 0.3 is 0 Å². The molecule has 3 aliphatic heterocycles. The minimum atomic E-state index is -1.10. The second-order valence-electron chi connectivity index (χ2n) is 12.3. The van der Waals surface area contributed by atoms with Gasteiger partial charge in [-0.3, -0.25) is 9.59 Å². The van der Waals surface area contributed by atoms with Crippen molar-refractivity contribution in [1.82, 2.24) is 5.32 Å². The molecule has 2 aromatic carbocycles. The number of hydrogen-bond acceptors (Lipinski definition) is 4. The highest BCUT2D eigenvalue weighted by molar-refractivity contribution is 6.32. The number of benzene rings is 2. The summed E-state index contributed by atoms with van der Waals surface area (Å²) in [7, 11) is 6.33. The van der Waals surface area contributed by atoms with E-state index in [9.17, 15) is 9.59 Å². The van der Waals surface area contributed by atoms with Gasteiger partial charge in [0, 0.05) is 38.6 Å². The summed E-state index contributed by atoms with van der Waals surface area (Å²) in [5, 5.41) is 7.70. The highest BCUT2D eigenvalue weighted by Crippen LogP contribution is 2.80. The summed E-state index contributed by atoms with van der Waals surface area (Å²) >= 11 is 13.1. The molecule has 5 aliphatic rings. The van der Waals surface area contributed by atoms with Gasteiger partial charge in [0.25, 0.3) is 0 Å². The summed E-state index contributed by atoms with van der Waals surface area (Å²) in [5.74, 6) is 0.608. The third kappa shape index (κ3) is 3.39. The Balaban J connectivity index is 1.44. The van der Waals surface area contributed by atoms with Gasteiger partial charge in [-0.2, -0.15) is 0 Å². The Labute approximate surface area is 239 Å². The molecule has 2 aliphatic carbocycles. The van der Waals surface area contributed by atoms with Crippen LogP contribution >= 0.6 is 23.2 Å². The van der Waals surface area contributed by atoms with Crippen LogP contribution in [-0.2, 0) is 19.7 Å². The molecule has 200 valence electrons. The first-order valence-electron chi connectivity index (χ1n) is 13.5. The van der Waals surface area contributed by atoms with Gasteiger partial charge in [0.1, 0.15) is 19.0 Å². The molecule has 39 heavy (non-hydrogen) atoms. The van der Waals surface area contributed by atoms with Gasteiger partial charge in [0.15, 0.2) is 0 Å². The standard InChI is InChI=1S/C30H29BCl2N2O4/c1-15-21(33)7-6-20-25(15)29(20)11-24(36)35-26(30(29)19-5-4-17(32)10-22(19)34-27(30)37)18-9-16(31)3-8-23(18)39-14-28(2)12-38-13-28/h3-5,7-10,15,20,25-26H,6,11-14H2,1-2H3,(H,34,37)(H,35,36)/t15-,20?,25?,26+,29?,30-/m0/s1. The van der Waals surface area contributed by atoms with E-state index in [1.54, 1.807) is 12.1 Å². The molecule has 0 bridgehead atoms. The van der Waals surface area contributed by atoms with E-state index in [0.29, 0.717) is 47.3 Å². The molecule has 9 heteroatoms. The summed E-state index contributed by atoms with van der Waals surface area (Å²) in [6.07, 6.45) is 3.03. The zero-order chi connectivity index (χ0) is 27.3. The Morgan fingerprint density at radius 2 is 1.95 bits per heavy atom. The molecule has 3 unspecified atom stereocenters. The van der Waals surface area contributed by atoms with E-state index in [4.69, 9.17) is 40.5 Å². The lowest BCUT2D eigenvalue weighted by atomic mass is 9.56. The summed E-state index contributed by atoms with van der Waals surface area (Å²) in [6.45, 7) is 5.91. The minimum Gasteiger partial charge on any atom is -0.492 e. The Hall–Kier alpha value is -2.48. The van der Waals surface area contributed by atoms with Crippen LogP contribution in [0.3, 0.4) is 0 Å². The van der Waals surface area contributed by atoms with Crippen LogP contribution in [0, 0.1) is 28.6 Å². The normalized spacial score (nSPS) is 35.4. The van der Waals surface area contributed by atoms with Crippen LogP contribution in [0.4, 0.5) is 5.69 Å². The molecule has 6 atom stereocenters. The van der Waals surface area contributed by atoms with Gasteiger partial charge in [0.05, 0.1) is 25.9 Å². The van der Waals surface area contributed by atoms with Gasteiger partial charge in [-0.25, -0.2) is 0 Å². The number of carbonyl (C=O) groups is 2. The average molecular weight is 563 g/mol. The number of hydrogen-bond donors (Lipinski definition) is 2. The third-order valence-corrected chi connectivity index (χ3v) is 10.6. The summed E-state index contributed by atoms with van der Waals surface area (Å²) < 4.78 is 11.8. The van der Waals surface area contributed by atoms with Crippen LogP contribution in [0.1, 0.15) is 43.9 Å². The Morgan fingerprint density at radius 3 is 2.69 bits per heavy atom. The maximum absolute atomic E-state index is 14.5. The van der Waals surface area contributed by atoms with Crippen molar-refractivity contribution in [3.05, 3.63) is 63.7 Å². The fourth-order valence-corrected chi connectivity index (χ4v) is 8.57. The first kappa shape index (κ1) is 25.5. The van der Waals surface area contributed by atoms with Crippen LogP contribution < -0.4 is 20.8 Å². The van der Waals surface area contributed by atoms with E-state index < -0.39 is 16.9 Å². The second-order valence-corrected chi connectivity index (χ2v) is 13.2. The molecule has 2 radical (unpaired) electrons. The highest BCUT2D eigenvalue weighted by Gasteiger charge is 2.82. The third-order valence-electron chi connectivity index (χ3n) is 9.88. The predicted octanol–water partition coefficient (Wildman–Crippen LogP) is 4.40. The number of halogens is 2. The van der Waals surface area contributed by atoms with Crippen molar-refractivity contribution in [3.8, 4) is 5.75 Å². The van der Waals surface area contributed by atoms with Gasteiger partial charge < -0.3 is 20.1 Å². The molecular formula is C30H29BCl2N2O4. The molecule has 2 saturated heterocycles.